The van der Waals surface area contributed by atoms with E-state index in [0.717, 1.165) is 6.42 Å². The van der Waals surface area contributed by atoms with Gasteiger partial charge in [-0.05, 0) is 37.6 Å². The van der Waals surface area contributed by atoms with Gasteiger partial charge in [0.05, 0.1) is 12.7 Å². The minimum Gasteiger partial charge on any atom is -0.465 e. The van der Waals surface area contributed by atoms with Crippen LogP contribution in [0.5, 0.6) is 0 Å². The minimum atomic E-state index is -0.432. The molecule has 0 radical (unpaired) electrons. The van der Waals surface area contributed by atoms with Gasteiger partial charge in [0.15, 0.2) is 0 Å². The van der Waals surface area contributed by atoms with E-state index in [4.69, 9.17) is 0 Å². The lowest BCUT2D eigenvalue weighted by molar-refractivity contribution is -0.121. The molecule has 0 saturated heterocycles. The Hall–Kier alpha value is -2.37. The zero-order valence-corrected chi connectivity index (χ0v) is 14.1. The molecule has 0 heterocycles. The number of anilines is 1. The summed E-state index contributed by atoms with van der Waals surface area (Å²) < 4.78 is 4.64. The van der Waals surface area contributed by atoms with E-state index in [2.05, 4.69) is 10.1 Å². The second kappa shape index (κ2) is 8.92. The molecule has 0 fully saturated rings. The fourth-order valence-electron chi connectivity index (χ4n) is 2.03. The molecule has 126 valence electrons. The van der Waals surface area contributed by atoms with E-state index in [1.54, 1.807) is 24.3 Å². The van der Waals surface area contributed by atoms with Crippen molar-refractivity contribution >= 4 is 23.5 Å². The Morgan fingerprint density at radius 1 is 1.22 bits per heavy atom. The van der Waals surface area contributed by atoms with E-state index >= 15 is 0 Å². The number of hydrogen-bond acceptors (Lipinski definition) is 4. The summed E-state index contributed by atoms with van der Waals surface area (Å²) in [6, 6.07) is 6.64. The van der Waals surface area contributed by atoms with E-state index in [1.807, 2.05) is 13.8 Å². The third kappa shape index (κ3) is 5.73. The lowest BCUT2D eigenvalue weighted by Gasteiger charge is -2.21. The van der Waals surface area contributed by atoms with Crippen LogP contribution in [0.3, 0.4) is 0 Å². The molecule has 0 aliphatic heterocycles. The van der Waals surface area contributed by atoms with Gasteiger partial charge in [0, 0.05) is 31.6 Å². The summed E-state index contributed by atoms with van der Waals surface area (Å²) >= 11 is 0. The van der Waals surface area contributed by atoms with E-state index in [1.165, 1.54) is 18.9 Å². The van der Waals surface area contributed by atoms with Crippen molar-refractivity contribution in [2.75, 3.05) is 18.6 Å². The summed E-state index contributed by atoms with van der Waals surface area (Å²) in [5.41, 5.74) is 1.05. The van der Waals surface area contributed by atoms with Crippen LogP contribution in [-0.2, 0) is 14.3 Å². The van der Waals surface area contributed by atoms with Crippen LogP contribution in [0, 0.1) is 0 Å². The third-order valence-electron chi connectivity index (χ3n) is 3.56. The molecular weight excluding hydrogens is 296 g/mol. The summed E-state index contributed by atoms with van der Waals surface area (Å²) in [4.78, 5) is 36.6. The Kier molecular flexibility index (Phi) is 7.25. The van der Waals surface area contributed by atoms with Gasteiger partial charge in [-0.2, -0.15) is 0 Å². The summed E-state index contributed by atoms with van der Waals surface area (Å²) in [6.45, 7) is 5.66. The van der Waals surface area contributed by atoms with E-state index in [9.17, 15) is 14.4 Å². The molecule has 0 spiro atoms. The Balaban J connectivity index is 2.73. The first-order valence-corrected chi connectivity index (χ1v) is 7.64. The molecule has 1 unspecified atom stereocenters. The number of carbonyl (C=O) groups is 3. The molecule has 1 atom stereocenters. The van der Waals surface area contributed by atoms with Crippen molar-refractivity contribution in [1.82, 2.24) is 5.32 Å². The number of methoxy groups -OCH3 is 1. The normalized spacial score (nSPS) is 11.5. The van der Waals surface area contributed by atoms with Crippen molar-refractivity contribution in [2.24, 2.45) is 0 Å². The smallest absolute Gasteiger partial charge is 0.337 e. The highest BCUT2D eigenvalue weighted by molar-refractivity contribution is 5.94. The van der Waals surface area contributed by atoms with Crippen LogP contribution in [0.4, 0.5) is 5.69 Å². The fraction of sp³-hybridized carbons (Fsp3) is 0.471. The Labute approximate surface area is 136 Å². The van der Waals surface area contributed by atoms with Crippen molar-refractivity contribution in [3.05, 3.63) is 29.8 Å². The molecule has 0 saturated carbocycles. The number of benzene rings is 1. The van der Waals surface area contributed by atoms with Gasteiger partial charge < -0.3 is 15.0 Å². The molecule has 0 aliphatic rings. The Morgan fingerprint density at radius 2 is 1.83 bits per heavy atom. The third-order valence-corrected chi connectivity index (χ3v) is 3.56. The molecule has 2 amide bonds. The van der Waals surface area contributed by atoms with Crippen LogP contribution in [0.15, 0.2) is 24.3 Å². The fourth-order valence-corrected chi connectivity index (χ4v) is 2.03. The topological polar surface area (TPSA) is 75.7 Å². The first-order valence-electron chi connectivity index (χ1n) is 7.64. The highest BCUT2D eigenvalue weighted by Gasteiger charge is 2.15. The maximum atomic E-state index is 11.8. The maximum Gasteiger partial charge on any atom is 0.337 e. The quantitative estimate of drug-likeness (QED) is 0.781. The Morgan fingerprint density at radius 3 is 2.30 bits per heavy atom. The van der Waals surface area contributed by atoms with E-state index in [-0.39, 0.29) is 30.8 Å². The summed E-state index contributed by atoms with van der Waals surface area (Å²) in [5, 5.41) is 2.87. The van der Waals surface area contributed by atoms with Gasteiger partial charge in [0.2, 0.25) is 11.8 Å². The van der Waals surface area contributed by atoms with Gasteiger partial charge in [0.25, 0.3) is 0 Å². The standard InChI is InChI=1S/C17H24N2O4/c1-5-12(2)18-16(21)10-11-19(13(3)20)15-8-6-14(7-9-15)17(22)23-4/h6-9,12H,5,10-11H2,1-4H3,(H,18,21). The van der Waals surface area contributed by atoms with Gasteiger partial charge in [-0.1, -0.05) is 6.92 Å². The largest absolute Gasteiger partial charge is 0.465 e. The molecule has 1 aromatic carbocycles. The van der Waals surface area contributed by atoms with Crippen molar-refractivity contribution in [3.63, 3.8) is 0 Å². The number of esters is 1. The zero-order valence-electron chi connectivity index (χ0n) is 14.1. The number of ether oxygens (including phenoxy) is 1. The number of nitrogens with one attached hydrogen (secondary N) is 1. The summed E-state index contributed by atoms with van der Waals surface area (Å²) in [5.74, 6) is -0.678. The zero-order chi connectivity index (χ0) is 17.4. The van der Waals surface area contributed by atoms with Crippen LogP contribution in [0.1, 0.15) is 44.0 Å². The first kappa shape index (κ1) is 18.7. The lowest BCUT2D eigenvalue weighted by atomic mass is 10.2. The maximum absolute atomic E-state index is 11.8. The molecule has 1 aromatic rings. The second-order valence-corrected chi connectivity index (χ2v) is 5.34. The van der Waals surface area contributed by atoms with Crippen LogP contribution in [0.25, 0.3) is 0 Å². The molecule has 1 rings (SSSR count). The van der Waals surface area contributed by atoms with Crippen LogP contribution in [-0.4, -0.2) is 37.5 Å². The highest BCUT2D eigenvalue weighted by Crippen LogP contribution is 2.16. The number of carbonyl (C=O) groups excluding carboxylic acids is 3. The monoisotopic (exact) mass is 320 g/mol. The molecular formula is C17H24N2O4. The highest BCUT2D eigenvalue weighted by atomic mass is 16.5. The average Bonchev–Trinajstić information content (AvgIpc) is 2.54. The van der Waals surface area contributed by atoms with Gasteiger partial charge in [-0.3, -0.25) is 9.59 Å². The molecule has 0 aromatic heterocycles. The summed E-state index contributed by atoms with van der Waals surface area (Å²) in [7, 11) is 1.31. The molecule has 0 aliphatic carbocycles. The SMILES string of the molecule is CCC(C)NC(=O)CCN(C(C)=O)c1ccc(C(=O)OC)cc1. The van der Waals surface area contributed by atoms with Crippen molar-refractivity contribution in [3.8, 4) is 0 Å². The lowest BCUT2D eigenvalue weighted by Crippen LogP contribution is -2.36. The first-order chi connectivity index (χ1) is 10.9. The van der Waals surface area contributed by atoms with Gasteiger partial charge in [-0.25, -0.2) is 4.79 Å². The molecule has 0 bridgehead atoms. The van der Waals surface area contributed by atoms with Gasteiger partial charge in [0.1, 0.15) is 0 Å². The predicted octanol–water partition coefficient (Wildman–Crippen LogP) is 2.13. The molecule has 1 N–H and O–H groups in total. The predicted molar refractivity (Wildman–Crippen MR) is 88.3 cm³/mol. The number of amides is 2. The van der Waals surface area contributed by atoms with E-state index in [0.29, 0.717) is 11.3 Å². The molecule has 6 heteroatoms. The van der Waals surface area contributed by atoms with Crippen LogP contribution >= 0.6 is 0 Å². The van der Waals surface area contributed by atoms with Crippen LogP contribution < -0.4 is 10.2 Å². The minimum absolute atomic E-state index is 0.0863. The van der Waals surface area contributed by atoms with Gasteiger partial charge >= 0.3 is 5.97 Å². The van der Waals surface area contributed by atoms with Crippen molar-refractivity contribution in [2.45, 2.75) is 39.7 Å². The number of rotatable bonds is 7. The summed E-state index contributed by atoms with van der Waals surface area (Å²) in [6.07, 6.45) is 1.08. The number of hydrogen-bond donors (Lipinski definition) is 1. The molecule has 6 nitrogen and oxygen atoms in total. The number of nitrogens with zero attached hydrogens (tertiary/aromatic N) is 1. The average molecular weight is 320 g/mol. The van der Waals surface area contributed by atoms with Gasteiger partial charge in [-0.15, -0.1) is 0 Å². The van der Waals surface area contributed by atoms with Crippen LogP contribution in [0.2, 0.25) is 0 Å². The van der Waals surface area contributed by atoms with Crippen molar-refractivity contribution < 1.29 is 19.1 Å². The molecule has 23 heavy (non-hydrogen) atoms. The van der Waals surface area contributed by atoms with E-state index < -0.39 is 5.97 Å². The Bertz CT molecular complexity index is 554. The second-order valence-electron chi connectivity index (χ2n) is 5.34. The van der Waals surface area contributed by atoms with Crippen molar-refractivity contribution in [1.29, 1.82) is 0 Å².